The summed E-state index contributed by atoms with van der Waals surface area (Å²) in [6.07, 6.45) is 6.86. The van der Waals surface area contributed by atoms with E-state index in [-0.39, 0.29) is 17.9 Å². The lowest BCUT2D eigenvalue weighted by Gasteiger charge is -2.34. The molecule has 1 amide bonds. The average Bonchev–Trinajstić information content (AvgIpc) is 3.39. The number of hydrogen-bond acceptors (Lipinski definition) is 5. The number of amides is 1. The SMILES string of the molecule is CCCCC(N)C(=O)N1CC(c2ccc(OC)c(OC3CCCC3)c2)[C@](C)([C@@H](C)O)C1. The van der Waals surface area contributed by atoms with Crippen LogP contribution >= 0.6 is 0 Å². The zero-order chi connectivity index (χ0) is 22.6. The lowest BCUT2D eigenvalue weighted by atomic mass is 9.72. The summed E-state index contributed by atoms with van der Waals surface area (Å²) in [6, 6.07) is 5.55. The van der Waals surface area contributed by atoms with Crippen molar-refractivity contribution in [1.82, 2.24) is 4.90 Å². The fourth-order valence-corrected chi connectivity index (χ4v) is 5.06. The maximum Gasteiger partial charge on any atom is 0.239 e. The van der Waals surface area contributed by atoms with Gasteiger partial charge in [0.05, 0.1) is 25.4 Å². The molecule has 0 spiro atoms. The van der Waals surface area contributed by atoms with Gasteiger partial charge >= 0.3 is 0 Å². The molecule has 31 heavy (non-hydrogen) atoms. The van der Waals surface area contributed by atoms with Crippen molar-refractivity contribution in [3.05, 3.63) is 23.8 Å². The standard InChI is InChI=1S/C25H40N2O4/c1-5-6-11-21(26)24(29)27-15-20(25(3,16-27)17(2)28)18-12-13-22(30-4)23(14-18)31-19-9-7-8-10-19/h12-14,17,19-21,28H,5-11,15-16,26H2,1-4H3/t17-,20?,21?,25+/m1/s1. The van der Waals surface area contributed by atoms with Gasteiger partial charge in [0.1, 0.15) is 0 Å². The highest BCUT2D eigenvalue weighted by atomic mass is 16.5. The third-order valence-corrected chi connectivity index (χ3v) is 7.37. The molecule has 6 nitrogen and oxygen atoms in total. The topological polar surface area (TPSA) is 85.0 Å². The number of nitrogens with two attached hydrogens (primary N) is 1. The van der Waals surface area contributed by atoms with Crippen LogP contribution in [0.1, 0.15) is 77.2 Å². The number of aliphatic hydroxyl groups is 1. The molecule has 174 valence electrons. The van der Waals surface area contributed by atoms with Gasteiger partial charge in [-0.25, -0.2) is 0 Å². The van der Waals surface area contributed by atoms with Crippen LogP contribution in [0.3, 0.4) is 0 Å². The van der Waals surface area contributed by atoms with Crippen LogP contribution in [0.5, 0.6) is 11.5 Å². The molecule has 3 N–H and O–H groups in total. The van der Waals surface area contributed by atoms with Crippen molar-refractivity contribution in [3.63, 3.8) is 0 Å². The molecule has 0 radical (unpaired) electrons. The van der Waals surface area contributed by atoms with Crippen LogP contribution in [0.4, 0.5) is 0 Å². The van der Waals surface area contributed by atoms with E-state index in [0.29, 0.717) is 19.5 Å². The summed E-state index contributed by atoms with van der Waals surface area (Å²) in [5.74, 6) is 1.46. The fourth-order valence-electron chi connectivity index (χ4n) is 5.06. The van der Waals surface area contributed by atoms with Crippen LogP contribution in [-0.2, 0) is 4.79 Å². The Balaban J connectivity index is 1.85. The first kappa shape index (κ1) is 23.9. The van der Waals surface area contributed by atoms with Crippen LogP contribution in [-0.4, -0.2) is 54.4 Å². The largest absolute Gasteiger partial charge is 0.493 e. The Kier molecular flexibility index (Phi) is 7.87. The number of nitrogens with zero attached hydrogens (tertiary/aromatic N) is 1. The maximum absolute atomic E-state index is 13.0. The molecule has 0 bridgehead atoms. The fraction of sp³-hybridized carbons (Fsp3) is 0.720. The number of carbonyl (C=O) groups excluding carboxylic acids is 1. The lowest BCUT2D eigenvalue weighted by Crippen LogP contribution is -2.44. The minimum absolute atomic E-state index is 0.00772. The van der Waals surface area contributed by atoms with Crippen molar-refractivity contribution in [2.75, 3.05) is 20.2 Å². The molecule has 1 saturated carbocycles. The van der Waals surface area contributed by atoms with Crippen molar-refractivity contribution < 1.29 is 19.4 Å². The molecule has 2 aliphatic rings. The van der Waals surface area contributed by atoms with Crippen molar-refractivity contribution in [2.45, 2.75) is 89.9 Å². The summed E-state index contributed by atoms with van der Waals surface area (Å²) >= 11 is 0. The maximum atomic E-state index is 13.0. The highest BCUT2D eigenvalue weighted by Crippen LogP contribution is 2.47. The van der Waals surface area contributed by atoms with Crippen molar-refractivity contribution >= 4 is 5.91 Å². The second kappa shape index (κ2) is 10.2. The number of rotatable bonds is 9. The number of unbranched alkanes of at least 4 members (excludes halogenated alkanes) is 1. The van der Waals surface area contributed by atoms with E-state index in [4.69, 9.17) is 15.2 Å². The predicted molar refractivity (Wildman–Crippen MR) is 122 cm³/mol. The molecular formula is C25H40N2O4. The van der Waals surface area contributed by atoms with E-state index in [2.05, 4.69) is 13.8 Å². The van der Waals surface area contributed by atoms with Gasteiger partial charge in [-0.2, -0.15) is 0 Å². The first-order valence-corrected chi connectivity index (χ1v) is 11.9. The normalized spacial score (nSPS) is 26.1. The Bertz CT molecular complexity index is 747. The van der Waals surface area contributed by atoms with Crippen LogP contribution in [0, 0.1) is 5.41 Å². The minimum Gasteiger partial charge on any atom is -0.493 e. The zero-order valence-corrected chi connectivity index (χ0v) is 19.6. The van der Waals surface area contributed by atoms with Gasteiger partial charge in [-0.3, -0.25) is 4.79 Å². The third kappa shape index (κ3) is 5.17. The molecule has 2 fully saturated rings. The number of likely N-dealkylation sites (tertiary alicyclic amines) is 1. The van der Waals surface area contributed by atoms with Gasteiger partial charge in [0, 0.05) is 24.4 Å². The predicted octanol–water partition coefficient (Wildman–Crippen LogP) is 3.85. The molecule has 6 heteroatoms. The number of aliphatic hydroxyl groups excluding tert-OH is 1. The van der Waals surface area contributed by atoms with E-state index >= 15 is 0 Å². The first-order valence-electron chi connectivity index (χ1n) is 11.9. The number of hydrogen-bond donors (Lipinski definition) is 2. The van der Waals surface area contributed by atoms with Gasteiger partial charge in [0.15, 0.2) is 11.5 Å². The van der Waals surface area contributed by atoms with Crippen LogP contribution in [0.2, 0.25) is 0 Å². The summed E-state index contributed by atoms with van der Waals surface area (Å²) in [6.45, 7) is 7.03. The summed E-state index contributed by atoms with van der Waals surface area (Å²) in [5, 5.41) is 10.7. The summed E-state index contributed by atoms with van der Waals surface area (Å²) < 4.78 is 11.8. The van der Waals surface area contributed by atoms with E-state index in [0.717, 1.165) is 42.7 Å². The summed E-state index contributed by atoms with van der Waals surface area (Å²) in [5.41, 5.74) is 6.80. The zero-order valence-electron chi connectivity index (χ0n) is 19.6. The molecular weight excluding hydrogens is 392 g/mol. The van der Waals surface area contributed by atoms with Gasteiger partial charge in [0.25, 0.3) is 0 Å². The molecule has 0 aromatic heterocycles. The van der Waals surface area contributed by atoms with Crippen molar-refractivity contribution in [2.24, 2.45) is 11.1 Å². The van der Waals surface area contributed by atoms with Gasteiger partial charge in [-0.15, -0.1) is 0 Å². The smallest absolute Gasteiger partial charge is 0.239 e. The van der Waals surface area contributed by atoms with Gasteiger partial charge < -0.3 is 25.2 Å². The monoisotopic (exact) mass is 432 g/mol. The average molecular weight is 433 g/mol. The molecule has 1 aromatic rings. The molecule has 1 aliphatic heterocycles. The molecule has 1 aromatic carbocycles. The summed E-state index contributed by atoms with van der Waals surface area (Å²) in [7, 11) is 1.66. The van der Waals surface area contributed by atoms with Crippen molar-refractivity contribution in [3.8, 4) is 11.5 Å². The second-order valence-electron chi connectivity index (χ2n) is 9.64. The highest BCUT2D eigenvalue weighted by molar-refractivity contribution is 5.82. The minimum atomic E-state index is -0.566. The van der Waals surface area contributed by atoms with Gasteiger partial charge in [-0.1, -0.05) is 32.8 Å². The van der Waals surface area contributed by atoms with E-state index in [1.54, 1.807) is 7.11 Å². The van der Waals surface area contributed by atoms with Crippen molar-refractivity contribution in [1.29, 1.82) is 0 Å². The van der Waals surface area contributed by atoms with Crippen LogP contribution in [0.25, 0.3) is 0 Å². The van der Waals surface area contributed by atoms with E-state index < -0.39 is 17.6 Å². The first-order chi connectivity index (χ1) is 14.8. The molecule has 4 atom stereocenters. The van der Waals surface area contributed by atoms with Crippen LogP contribution < -0.4 is 15.2 Å². The Hall–Kier alpha value is -1.79. The Morgan fingerprint density at radius 2 is 2.03 bits per heavy atom. The number of ether oxygens (including phenoxy) is 2. The van der Waals surface area contributed by atoms with Gasteiger partial charge in [0.2, 0.25) is 5.91 Å². The number of benzene rings is 1. The number of methoxy groups -OCH3 is 1. The van der Waals surface area contributed by atoms with E-state index in [1.807, 2.05) is 30.0 Å². The molecule has 1 saturated heterocycles. The molecule has 1 heterocycles. The van der Waals surface area contributed by atoms with Gasteiger partial charge in [-0.05, 0) is 56.7 Å². The van der Waals surface area contributed by atoms with E-state index in [9.17, 15) is 9.90 Å². The van der Waals surface area contributed by atoms with E-state index in [1.165, 1.54) is 12.8 Å². The molecule has 1 aliphatic carbocycles. The molecule has 3 rings (SSSR count). The lowest BCUT2D eigenvalue weighted by molar-refractivity contribution is -0.132. The quantitative estimate of drug-likeness (QED) is 0.619. The third-order valence-electron chi connectivity index (χ3n) is 7.37. The second-order valence-corrected chi connectivity index (χ2v) is 9.64. The highest BCUT2D eigenvalue weighted by Gasteiger charge is 2.49. The Morgan fingerprint density at radius 1 is 1.32 bits per heavy atom. The van der Waals surface area contributed by atoms with Crippen LogP contribution in [0.15, 0.2) is 18.2 Å². The Morgan fingerprint density at radius 3 is 2.65 bits per heavy atom. The Labute approximate surface area is 187 Å². The number of carbonyl (C=O) groups is 1. The molecule has 2 unspecified atom stereocenters. The summed E-state index contributed by atoms with van der Waals surface area (Å²) in [4.78, 5) is 14.9.